The molecule has 0 spiro atoms. The maximum Gasteiger partial charge on any atom is 0.238 e. The maximum absolute atomic E-state index is 12.5. The van der Waals surface area contributed by atoms with Gasteiger partial charge in [0, 0.05) is 31.3 Å². The number of sulfonamides is 1. The number of fused-ring (bicyclic) bond motifs is 1. The van der Waals surface area contributed by atoms with Crippen LogP contribution in [0, 0.1) is 0 Å². The lowest BCUT2D eigenvalue weighted by Gasteiger charge is -2.23. The van der Waals surface area contributed by atoms with E-state index < -0.39 is 16.1 Å². The third-order valence-electron chi connectivity index (χ3n) is 4.88. The van der Waals surface area contributed by atoms with Crippen molar-refractivity contribution in [3.05, 3.63) is 36.5 Å². The monoisotopic (exact) mass is 377 g/mol. The fraction of sp³-hybridized carbons (Fsp3) is 0.526. The number of rotatable bonds is 8. The molecular weight excluding hydrogens is 350 g/mol. The molecule has 3 rings (SSSR count). The van der Waals surface area contributed by atoms with Crippen molar-refractivity contribution in [3.63, 3.8) is 0 Å². The molecule has 0 saturated carbocycles. The summed E-state index contributed by atoms with van der Waals surface area (Å²) < 4.78 is 28.2. The Morgan fingerprint density at radius 1 is 1.27 bits per heavy atom. The normalized spacial score (nSPS) is 18.4. The van der Waals surface area contributed by atoms with Gasteiger partial charge < -0.3 is 9.88 Å². The molecule has 0 bridgehead atoms. The molecule has 142 valence electrons. The van der Waals surface area contributed by atoms with E-state index in [1.165, 1.54) is 15.2 Å². The van der Waals surface area contributed by atoms with Crippen LogP contribution in [0.2, 0.25) is 0 Å². The highest BCUT2D eigenvalue weighted by Crippen LogP contribution is 2.22. The second kappa shape index (κ2) is 8.22. The SMILES string of the molecule is CCCS(=O)(=O)N1CCCC1C(=O)NCCCn1ccc2ccccc21. The average Bonchev–Trinajstić information content (AvgIpc) is 3.26. The zero-order valence-electron chi connectivity index (χ0n) is 15.2. The van der Waals surface area contributed by atoms with E-state index in [0.717, 1.165) is 19.4 Å². The Kier molecular flexibility index (Phi) is 5.98. The van der Waals surface area contributed by atoms with Crippen molar-refractivity contribution < 1.29 is 13.2 Å². The number of amides is 1. The standard InChI is InChI=1S/C19H27N3O3S/c1-2-15-26(24,25)22-13-5-9-18(22)19(23)20-11-6-12-21-14-10-16-7-3-4-8-17(16)21/h3-4,7-8,10,14,18H,2,5-6,9,11-13,15H2,1H3,(H,20,23). The first kappa shape index (κ1) is 18.9. The lowest BCUT2D eigenvalue weighted by Crippen LogP contribution is -2.46. The molecular formula is C19H27N3O3S. The second-order valence-electron chi connectivity index (χ2n) is 6.80. The maximum atomic E-state index is 12.5. The van der Waals surface area contributed by atoms with Gasteiger partial charge in [0.1, 0.15) is 6.04 Å². The fourth-order valence-electron chi connectivity index (χ4n) is 3.62. The first-order valence-corrected chi connectivity index (χ1v) is 10.9. The average molecular weight is 378 g/mol. The molecule has 2 heterocycles. The highest BCUT2D eigenvalue weighted by Gasteiger charge is 2.37. The van der Waals surface area contributed by atoms with E-state index in [-0.39, 0.29) is 11.7 Å². The zero-order valence-corrected chi connectivity index (χ0v) is 16.0. The van der Waals surface area contributed by atoms with Crippen LogP contribution in [0.1, 0.15) is 32.6 Å². The molecule has 1 atom stereocenters. The number of carbonyl (C=O) groups is 1. The van der Waals surface area contributed by atoms with Crippen LogP contribution in [0.5, 0.6) is 0 Å². The van der Waals surface area contributed by atoms with Crippen LogP contribution in [-0.2, 0) is 21.4 Å². The Morgan fingerprint density at radius 3 is 2.88 bits per heavy atom. The molecule has 1 aliphatic heterocycles. The molecule has 6 nitrogen and oxygen atoms in total. The van der Waals surface area contributed by atoms with Gasteiger partial charge in [0.25, 0.3) is 0 Å². The summed E-state index contributed by atoms with van der Waals surface area (Å²) in [4.78, 5) is 12.5. The highest BCUT2D eigenvalue weighted by atomic mass is 32.2. The number of hydrogen-bond acceptors (Lipinski definition) is 3. The minimum absolute atomic E-state index is 0.109. The number of carbonyl (C=O) groups excluding carboxylic acids is 1. The minimum atomic E-state index is -3.33. The molecule has 1 aromatic carbocycles. The molecule has 1 N–H and O–H groups in total. The summed E-state index contributed by atoms with van der Waals surface area (Å²) >= 11 is 0. The molecule has 1 saturated heterocycles. The summed E-state index contributed by atoms with van der Waals surface area (Å²) in [5, 5.41) is 4.13. The summed E-state index contributed by atoms with van der Waals surface area (Å²) in [5.41, 5.74) is 1.19. The number of para-hydroxylation sites is 1. The molecule has 1 unspecified atom stereocenters. The van der Waals surface area contributed by atoms with Gasteiger partial charge in [0.2, 0.25) is 15.9 Å². The van der Waals surface area contributed by atoms with E-state index in [1.54, 1.807) is 0 Å². The fourth-order valence-corrected chi connectivity index (χ4v) is 5.37. The molecule has 1 amide bonds. The molecule has 1 aliphatic rings. The second-order valence-corrected chi connectivity index (χ2v) is 8.84. The zero-order chi connectivity index (χ0) is 18.6. The van der Waals surface area contributed by atoms with Crippen molar-refractivity contribution in [1.82, 2.24) is 14.2 Å². The van der Waals surface area contributed by atoms with E-state index >= 15 is 0 Å². The number of benzene rings is 1. The predicted octanol–water partition coefficient (Wildman–Crippen LogP) is 2.35. The summed E-state index contributed by atoms with van der Waals surface area (Å²) in [7, 11) is -3.33. The Hall–Kier alpha value is -1.86. The van der Waals surface area contributed by atoms with Crippen LogP contribution in [-0.4, -0.2) is 48.1 Å². The van der Waals surface area contributed by atoms with Crippen LogP contribution in [0.25, 0.3) is 10.9 Å². The Labute approximate surface area is 155 Å². The van der Waals surface area contributed by atoms with Gasteiger partial charge in [0.05, 0.1) is 5.75 Å². The van der Waals surface area contributed by atoms with E-state index in [2.05, 4.69) is 34.3 Å². The Bertz CT molecular complexity index is 860. The van der Waals surface area contributed by atoms with E-state index in [1.807, 2.05) is 19.1 Å². The highest BCUT2D eigenvalue weighted by molar-refractivity contribution is 7.89. The van der Waals surface area contributed by atoms with Crippen LogP contribution in [0.3, 0.4) is 0 Å². The van der Waals surface area contributed by atoms with Gasteiger partial charge in [-0.05, 0) is 43.2 Å². The molecule has 0 radical (unpaired) electrons. The van der Waals surface area contributed by atoms with Crippen molar-refractivity contribution in [1.29, 1.82) is 0 Å². The number of hydrogen-bond donors (Lipinski definition) is 1. The third-order valence-corrected chi connectivity index (χ3v) is 6.96. The molecule has 26 heavy (non-hydrogen) atoms. The molecule has 1 fully saturated rings. The third kappa shape index (κ3) is 4.10. The first-order chi connectivity index (χ1) is 12.5. The summed E-state index contributed by atoms with van der Waals surface area (Å²) in [6.07, 6.45) is 4.78. The topological polar surface area (TPSA) is 71.4 Å². The molecule has 1 aromatic heterocycles. The Balaban J connectivity index is 1.51. The first-order valence-electron chi connectivity index (χ1n) is 9.34. The van der Waals surface area contributed by atoms with Crippen LogP contribution in [0.15, 0.2) is 36.5 Å². The summed E-state index contributed by atoms with van der Waals surface area (Å²) in [6, 6.07) is 9.75. The molecule has 7 heteroatoms. The van der Waals surface area contributed by atoms with E-state index in [4.69, 9.17) is 0 Å². The van der Waals surface area contributed by atoms with Crippen molar-refractivity contribution in [2.45, 2.75) is 45.2 Å². The van der Waals surface area contributed by atoms with Gasteiger partial charge in [-0.2, -0.15) is 4.31 Å². The van der Waals surface area contributed by atoms with Crippen molar-refractivity contribution >= 4 is 26.8 Å². The smallest absolute Gasteiger partial charge is 0.238 e. The van der Waals surface area contributed by atoms with Crippen LogP contribution < -0.4 is 5.32 Å². The van der Waals surface area contributed by atoms with E-state index in [9.17, 15) is 13.2 Å². The van der Waals surface area contributed by atoms with Gasteiger partial charge in [-0.25, -0.2) is 8.42 Å². The van der Waals surface area contributed by atoms with Crippen LogP contribution >= 0.6 is 0 Å². The quantitative estimate of drug-likeness (QED) is 0.718. The van der Waals surface area contributed by atoms with Crippen molar-refractivity contribution in [2.75, 3.05) is 18.8 Å². The molecule has 0 aliphatic carbocycles. The minimum Gasteiger partial charge on any atom is -0.355 e. The molecule has 2 aromatic rings. The largest absolute Gasteiger partial charge is 0.355 e. The van der Waals surface area contributed by atoms with Crippen molar-refractivity contribution in [3.8, 4) is 0 Å². The summed E-state index contributed by atoms with van der Waals surface area (Å²) in [5.74, 6) is -0.0585. The summed E-state index contributed by atoms with van der Waals surface area (Å²) in [6.45, 7) is 3.66. The van der Waals surface area contributed by atoms with Crippen LogP contribution in [0.4, 0.5) is 0 Å². The number of nitrogens with zero attached hydrogens (tertiary/aromatic N) is 2. The Morgan fingerprint density at radius 2 is 2.08 bits per heavy atom. The van der Waals surface area contributed by atoms with Crippen molar-refractivity contribution in [2.24, 2.45) is 0 Å². The predicted molar refractivity (Wildman–Crippen MR) is 103 cm³/mol. The van der Waals surface area contributed by atoms with Gasteiger partial charge in [-0.1, -0.05) is 25.1 Å². The lowest BCUT2D eigenvalue weighted by atomic mass is 10.2. The number of aryl methyl sites for hydroxylation is 1. The van der Waals surface area contributed by atoms with Gasteiger partial charge in [0.15, 0.2) is 0 Å². The van der Waals surface area contributed by atoms with Gasteiger partial charge in [-0.3, -0.25) is 4.79 Å². The van der Waals surface area contributed by atoms with Gasteiger partial charge >= 0.3 is 0 Å². The van der Waals surface area contributed by atoms with E-state index in [0.29, 0.717) is 25.9 Å². The number of aromatic nitrogens is 1. The number of nitrogens with one attached hydrogen (secondary N) is 1. The van der Waals surface area contributed by atoms with Gasteiger partial charge in [-0.15, -0.1) is 0 Å². The lowest BCUT2D eigenvalue weighted by molar-refractivity contribution is -0.124.